The van der Waals surface area contributed by atoms with Crippen LogP contribution < -0.4 is 47.9 Å². The molecule has 33 nitrogen and oxygen atoms in total. The van der Waals surface area contributed by atoms with Gasteiger partial charge in [-0.2, -0.15) is 58.7 Å². The van der Waals surface area contributed by atoms with E-state index in [-0.39, 0.29) is 41.5 Å². The Morgan fingerprint density at radius 1 is 0.418 bits per heavy atom. The highest BCUT2D eigenvalue weighted by atomic mass is 16.2. The van der Waals surface area contributed by atoms with E-state index in [1.165, 1.54) is 0 Å². The zero-order valence-electron chi connectivity index (χ0n) is 70.0. The average Bonchev–Trinajstić information content (AvgIpc) is 1.62. The standard InChI is InChI=1S/C31H37N9O2.C30H35N9O2.C28H33N9O2/c1-3-38(4-2)26-15-16-39(20-26)29(42)21-10-7-11-23(17-21)35-31-37-30-34-25-13-8-12-24(18-25)33-27(41)14-6-5-9-22-19-32-40(31)28(22)36-30;1-37-15-13-25(14-16-37)38(2)28(41)20-8-5-9-22(17-20)34-30-36-29-33-24-11-6-10-23(18-24)32-26(40)12-4-3-7-21-19-31-39(30)27(21)35-29;1-35(2)14-15-36(3)26(39)19-9-6-10-21(16-19)32-28-34-27-31-23-12-7-11-22(17-23)30-24(38)13-5-4-8-20-18-29-37(28)25(20)33-27/h7-8,10-13,17-19,26H,3-6,9,14-16,20H2,1-2H3,(H,33,41)(H2,34,35,36,37);5-6,8-11,17-19,25H,3-4,7,12-16H2,1-2H3,(H,32,40)(H2,33,34,35,36);6-7,9-12,16-18H,4-5,8,13-15H2,1-3H3,(H,30,38)(H2,31,32,33,34). The molecule has 122 heavy (non-hydrogen) atoms. The van der Waals surface area contributed by atoms with E-state index in [2.05, 4.69) is 93.8 Å². The van der Waals surface area contributed by atoms with Crippen molar-refractivity contribution in [1.82, 2.24) is 88.1 Å². The molecule has 1 atom stereocenters. The summed E-state index contributed by atoms with van der Waals surface area (Å²) >= 11 is 0. The molecule has 11 heterocycles. The maximum atomic E-state index is 13.4. The van der Waals surface area contributed by atoms with Crippen molar-refractivity contribution in [3.05, 3.63) is 198 Å². The molecule has 2 fully saturated rings. The number of aryl methyl sites for hydroxylation is 3. The minimum absolute atomic E-state index is 0.000211. The van der Waals surface area contributed by atoms with E-state index >= 15 is 0 Å². The lowest BCUT2D eigenvalue weighted by atomic mass is 10.0. The number of amides is 6. The Kier molecular flexibility index (Phi) is 26.5. The minimum Gasteiger partial charge on any atom is -0.340 e. The van der Waals surface area contributed by atoms with Crippen LogP contribution >= 0.6 is 0 Å². The number of piperidine rings is 1. The van der Waals surface area contributed by atoms with Crippen LogP contribution in [0.5, 0.6) is 0 Å². The van der Waals surface area contributed by atoms with Crippen LogP contribution in [-0.2, 0) is 33.6 Å². The summed E-state index contributed by atoms with van der Waals surface area (Å²) in [6, 6.07) is 45.5. The number of benzene rings is 6. The van der Waals surface area contributed by atoms with Gasteiger partial charge in [-0.3, -0.25) is 33.7 Å². The highest BCUT2D eigenvalue weighted by Gasteiger charge is 2.31. The largest absolute Gasteiger partial charge is 0.340 e. The molecule has 9 N–H and O–H groups in total. The first kappa shape index (κ1) is 83.5. The molecule has 0 spiro atoms. The molecule has 12 bridgehead atoms. The van der Waals surface area contributed by atoms with Crippen molar-refractivity contribution in [2.75, 3.05) is 135 Å². The summed E-state index contributed by atoms with van der Waals surface area (Å²) in [5.74, 6) is 2.62. The van der Waals surface area contributed by atoms with Crippen LogP contribution in [0, 0.1) is 0 Å². The number of fused-ring (bicyclic) bond motifs is 9. The second-order valence-corrected chi connectivity index (χ2v) is 31.7. The fourth-order valence-electron chi connectivity index (χ4n) is 15.7. The van der Waals surface area contributed by atoms with E-state index in [9.17, 15) is 28.8 Å². The molecular weight excluding hydrogens is 1540 g/mol. The molecular formula is C89H105N27O6. The third kappa shape index (κ3) is 20.8. The summed E-state index contributed by atoms with van der Waals surface area (Å²) in [5.41, 5.74) is 13.4. The van der Waals surface area contributed by atoms with E-state index in [0.717, 1.165) is 174 Å². The van der Waals surface area contributed by atoms with Crippen LogP contribution in [0.1, 0.15) is 139 Å². The van der Waals surface area contributed by atoms with Crippen LogP contribution in [0.2, 0.25) is 0 Å². The molecule has 5 aliphatic rings. The molecule has 33 heteroatoms. The van der Waals surface area contributed by atoms with E-state index in [0.29, 0.717) is 118 Å². The van der Waals surface area contributed by atoms with Gasteiger partial charge in [0.2, 0.25) is 53.4 Å². The minimum atomic E-state index is -0.0505. The predicted molar refractivity (Wildman–Crippen MR) is 475 cm³/mol. The number of anilines is 15. The fourth-order valence-corrected chi connectivity index (χ4v) is 15.7. The molecule has 632 valence electrons. The molecule has 6 aromatic carbocycles. The normalized spacial score (nSPS) is 15.9. The van der Waals surface area contributed by atoms with Crippen molar-refractivity contribution in [2.45, 2.75) is 122 Å². The Morgan fingerprint density at radius 3 is 1.18 bits per heavy atom. The zero-order chi connectivity index (χ0) is 84.8. The Labute approximate surface area is 707 Å². The fraction of sp³-hybridized carbons (Fsp3) is 0.360. The van der Waals surface area contributed by atoms with Gasteiger partial charge in [0.05, 0.1) is 18.6 Å². The number of aromatic nitrogens is 12. The predicted octanol–water partition coefficient (Wildman–Crippen LogP) is 13.2. The first-order chi connectivity index (χ1) is 59.3. The molecule has 1 unspecified atom stereocenters. The smallest absolute Gasteiger partial charge is 0.253 e. The number of rotatable bonds is 16. The molecule has 6 aromatic heterocycles. The first-order valence-electron chi connectivity index (χ1n) is 42.0. The number of likely N-dealkylation sites (N-methyl/N-ethyl adjacent to an activating group) is 3. The van der Waals surface area contributed by atoms with Crippen molar-refractivity contribution in [3.8, 4) is 0 Å². The van der Waals surface area contributed by atoms with Crippen molar-refractivity contribution < 1.29 is 28.8 Å². The van der Waals surface area contributed by atoms with Gasteiger partial charge in [-0.1, -0.05) is 50.2 Å². The molecule has 0 radical (unpaired) electrons. The maximum absolute atomic E-state index is 13.4. The van der Waals surface area contributed by atoms with Gasteiger partial charge in [-0.25, -0.2) is 0 Å². The number of nitrogens with one attached hydrogen (secondary N) is 9. The number of hydrogen-bond donors (Lipinski definition) is 9. The summed E-state index contributed by atoms with van der Waals surface area (Å²) in [5, 5.41) is 42.5. The van der Waals surface area contributed by atoms with Gasteiger partial charge in [-0.05, 0) is 234 Å². The van der Waals surface area contributed by atoms with Gasteiger partial charge in [0.25, 0.3) is 17.7 Å². The molecule has 12 aromatic rings. The topological polar surface area (TPSA) is 359 Å². The number of nitrogens with zero attached hydrogens (tertiary/aromatic N) is 18. The van der Waals surface area contributed by atoms with Crippen molar-refractivity contribution in [2.24, 2.45) is 0 Å². The third-order valence-electron chi connectivity index (χ3n) is 22.5. The van der Waals surface area contributed by atoms with Crippen LogP contribution in [-0.4, -0.2) is 223 Å². The first-order valence-corrected chi connectivity index (χ1v) is 42.0. The van der Waals surface area contributed by atoms with Crippen LogP contribution in [0.4, 0.5) is 86.9 Å². The van der Waals surface area contributed by atoms with Gasteiger partial charge >= 0.3 is 0 Å². The lowest BCUT2D eigenvalue weighted by Gasteiger charge is -2.35. The van der Waals surface area contributed by atoms with Crippen molar-refractivity contribution >= 4 is 139 Å². The maximum Gasteiger partial charge on any atom is 0.253 e. The average molecular weight is 1650 g/mol. The molecule has 5 aliphatic heterocycles. The number of carbonyl (C=O) groups excluding carboxylic acids is 6. The molecule has 0 aliphatic carbocycles. The third-order valence-corrected chi connectivity index (χ3v) is 22.5. The van der Waals surface area contributed by atoms with Gasteiger partial charge in [0.1, 0.15) is 0 Å². The quantitative estimate of drug-likeness (QED) is 0.0434. The summed E-state index contributed by atoms with van der Waals surface area (Å²) < 4.78 is 5.06. The van der Waals surface area contributed by atoms with E-state index in [1.807, 2.05) is 201 Å². The Morgan fingerprint density at radius 2 is 0.779 bits per heavy atom. The van der Waals surface area contributed by atoms with Crippen LogP contribution in [0.3, 0.4) is 0 Å². The Hall–Kier alpha value is -13.5. The summed E-state index contributed by atoms with van der Waals surface area (Å²) in [4.78, 5) is 118. The number of carbonyl (C=O) groups is 6. The SMILES string of the molecule is CCN(CC)C1CCN(C(=O)c2cccc(Nc3nc4nc5c(cnn35)CCCCC(=O)Nc3cccc(c3)N4)c2)C1.CN(C)CCN(C)C(=O)c1cccc(Nc2nc3nc4c(cnn24)CCCCC(=O)Nc2cccc(c2)N3)c1.CN1CCC(N(C)C(=O)c2cccc(Nc3nc4nc5c(cnn35)CCCCC(=O)Nc3cccc(c3)N4)c2)CC1. The van der Waals surface area contributed by atoms with Gasteiger partial charge in [0, 0.05) is 156 Å². The molecule has 0 saturated carbocycles. The lowest BCUT2D eigenvalue weighted by molar-refractivity contribution is -0.117. The lowest BCUT2D eigenvalue weighted by Crippen LogP contribution is -2.44. The number of hydrogen-bond acceptors (Lipinski definition) is 24. The zero-order valence-corrected chi connectivity index (χ0v) is 70.0. The highest BCUT2D eigenvalue weighted by molar-refractivity contribution is 5.98. The van der Waals surface area contributed by atoms with Gasteiger partial charge in [0.15, 0.2) is 16.9 Å². The molecule has 2 saturated heterocycles. The summed E-state index contributed by atoms with van der Waals surface area (Å²) in [6.07, 6.45) is 16.7. The summed E-state index contributed by atoms with van der Waals surface area (Å²) in [6.45, 7) is 11.2. The second kappa shape index (κ2) is 38.7. The Balaban J connectivity index is 0.000000142. The van der Waals surface area contributed by atoms with Gasteiger partial charge in [-0.15, -0.1) is 0 Å². The second-order valence-electron chi connectivity index (χ2n) is 31.7. The highest BCUT2D eigenvalue weighted by Crippen LogP contribution is 2.32. The number of likely N-dealkylation sites (tertiary alicyclic amines) is 2. The molecule has 6 amide bonds. The monoisotopic (exact) mass is 1650 g/mol. The van der Waals surface area contributed by atoms with Crippen LogP contribution in [0.15, 0.2) is 164 Å². The van der Waals surface area contributed by atoms with E-state index in [4.69, 9.17) is 29.9 Å². The van der Waals surface area contributed by atoms with E-state index in [1.54, 1.807) is 24.6 Å². The Bertz CT molecular complexity index is 5770. The van der Waals surface area contributed by atoms with Crippen LogP contribution in [0.25, 0.3) is 16.9 Å². The van der Waals surface area contributed by atoms with Crippen molar-refractivity contribution in [3.63, 3.8) is 0 Å². The summed E-state index contributed by atoms with van der Waals surface area (Å²) in [7, 11) is 9.80. The van der Waals surface area contributed by atoms with E-state index < -0.39 is 0 Å². The van der Waals surface area contributed by atoms with Crippen molar-refractivity contribution in [1.29, 1.82) is 0 Å². The van der Waals surface area contributed by atoms with Gasteiger partial charge < -0.3 is 72.4 Å². The molecule has 17 rings (SSSR count).